The molecule has 0 saturated carbocycles. The highest BCUT2D eigenvalue weighted by Crippen LogP contribution is 2.27. The van der Waals surface area contributed by atoms with E-state index in [9.17, 15) is 14.4 Å². The molecule has 12 heteroatoms. The zero-order valence-electron chi connectivity index (χ0n) is 17.2. The molecule has 0 aliphatic carbocycles. The van der Waals surface area contributed by atoms with Crippen LogP contribution in [0.3, 0.4) is 0 Å². The Morgan fingerprint density at radius 1 is 1.28 bits per heavy atom. The van der Waals surface area contributed by atoms with E-state index in [1.807, 2.05) is 6.07 Å². The van der Waals surface area contributed by atoms with Gasteiger partial charge in [0, 0.05) is 49.9 Å². The average Bonchev–Trinajstić information content (AvgIpc) is 3.23. The highest BCUT2D eigenvalue weighted by Gasteiger charge is 2.17. The van der Waals surface area contributed by atoms with E-state index >= 15 is 0 Å². The number of aliphatic carboxylic acids is 1. The van der Waals surface area contributed by atoms with Gasteiger partial charge in [-0.3, -0.25) is 14.4 Å². The number of carboxylic acid groups (broad SMARTS) is 1. The van der Waals surface area contributed by atoms with Crippen LogP contribution in [0.15, 0.2) is 35.1 Å². The first-order valence-corrected chi connectivity index (χ1v) is 11.0. The quantitative estimate of drug-likeness (QED) is 0.393. The molecule has 11 nitrogen and oxygen atoms in total. The lowest BCUT2D eigenvalue weighted by molar-refractivity contribution is -0.138. The largest absolute Gasteiger partial charge is 0.480 e. The first-order chi connectivity index (χ1) is 15.4. The molecule has 0 spiro atoms. The highest BCUT2D eigenvalue weighted by atomic mass is 32.1. The number of hydrogen-bond acceptors (Lipinski definition) is 9. The Morgan fingerprint density at radius 3 is 2.81 bits per heavy atom. The van der Waals surface area contributed by atoms with Gasteiger partial charge in [-0.2, -0.15) is 9.61 Å². The molecule has 5 N–H and O–H groups in total. The van der Waals surface area contributed by atoms with Gasteiger partial charge in [0.25, 0.3) is 5.56 Å². The summed E-state index contributed by atoms with van der Waals surface area (Å²) in [5.74, 6) is -0.825. The van der Waals surface area contributed by atoms with Crippen molar-refractivity contribution >= 4 is 39.7 Å². The number of carbonyl (C=O) groups is 2. The first kappa shape index (κ1) is 21.9. The molecular formula is C20H23N7O4S. The second kappa shape index (κ2) is 9.42. The molecule has 3 aromatic rings. The van der Waals surface area contributed by atoms with Gasteiger partial charge < -0.3 is 26.4 Å². The predicted octanol–water partition coefficient (Wildman–Crippen LogP) is 0.358. The molecule has 0 radical (unpaired) electrons. The Kier molecular flexibility index (Phi) is 6.44. The molecule has 0 bridgehead atoms. The fourth-order valence-corrected chi connectivity index (χ4v) is 4.23. The van der Waals surface area contributed by atoms with E-state index in [2.05, 4.69) is 25.6 Å². The van der Waals surface area contributed by atoms with Crippen LogP contribution in [0.5, 0.6) is 0 Å². The maximum absolute atomic E-state index is 12.6. The van der Waals surface area contributed by atoms with E-state index < -0.39 is 12.0 Å². The molecule has 1 atom stereocenters. The van der Waals surface area contributed by atoms with Gasteiger partial charge in [-0.1, -0.05) is 23.5 Å². The minimum absolute atomic E-state index is 0.00700. The van der Waals surface area contributed by atoms with Gasteiger partial charge in [0.2, 0.25) is 10.9 Å². The van der Waals surface area contributed by atoms with E-state index in [1.54, 1.807) is 18.2 Å². The van der Waals surface area contributed by atoms with E-state index in [0.29, 0.717) is 21.5 Å². The molecule has 1 fully saturated rings. The molecule has 4 rings (SSSR count). The molecule has 0 unspecified atom stereocenters. The Balaban J connectivity index is 1.53. The van der Waals surface area contributed by atoms with Gasteiger partial charge >= 0.3 is 5.97 Å². The summed E-state index contributed by atoms with van der Waals surface area (Å²) in [6.07, 6.45) is 0.0374. The van der Waals surface area contributed by atoms with Crippen molar-refractivity contribution in [2.24, 2.45) is 5.73 Å². The number of nitrogens with zero attached hydrogens (tertiary/aromatic N) is 4. The van der Waals surface area contributed by atoms with Crippen LogP contribution in [0.4, 0.5) is 11.5 Å². The van der Waals surface area contributed by atoms with Crippen molar-refractivity contribution in [3.63, 3.8) is 0 Å². The summed E-state index contributed by atoms with van der Waals surface area (Å²) in [6, 6.07) is 7.48. The Morgan fingerprint density at radius 2 is 2.06 bits per heavy atom. The van der Waals surface area contributed by atoms with Crippen LogP contribution in [0.1, 0.15) is 12.8 Å². The molecular weight excluding hydrogens is 434 g/mol. The Hall–Kier alpha value is -3.35. The molecule has 168 valence electrons. The number of rotatable bonds is 7. The van der Waals surface area contributed by atoms with Crippen molar-refractivity contribution in [1.29, 1.82) is 0 Å². The summed E-state index contributed by atoms with van der Waals surface area (Å²) in [5.41, 5.74) is 6.46. The van der Waals surface area contributed by atoms with Crippen LogP contribution in [0.2, 0.25) is 0 Å². The molecule has 1 aliphatic heterocycles. The van der Waals surface area contributed by atoms with Crippen molar-refractivity contribution < 1.29 is 14.7 Å². The summed E-state index contributed by atoms with van der Waals surface area (Å²) in [5, 5.41) is 19.8. The van der Waals surface area contributed by atoms with Gasteiger partial charge in [0.15, 0.2) is 0 Å². The van der Waals surface area contributed by atoms with Gasteiger partial charge in [-0.25, -0.2) is 4.98 Å². The van der Waals surface area contributed by atoms with E-state index in [-0.39, 0.29) is 24.3 Å². The van der Waals surface area contributed by atoms with Crippen LogP contribution in [0, 0.1) is 0 Å². The number of aromatic nitrogens is 3. The number of fused-ring (bicyclic) bond motifs is 1. The summed E-state index contributed by atoms with van der Waals surface area (Å²) >= 11 is 1.29. The average molecular weight is 458 g/mol. The maximum Gasteiger partial charge on any atom is 0.320 e. The third-order valence-corrected chi connectivity index (χ3v) is 6.02. The molecule has 1 amide bonds. The van der Waals surface area contributed by atoms with E-state index in [1.165, 1.54) is 21.9 Å². The van der Waals surface area contributed by atoms with E-state index in [4.69, 9.17) is 10.8 Å². The standard InChI is InChI=1S/C20H23N7O4S/c21-14(19(30)31)4-5-16(28)23-13-3-1-2-12(10-13)18-25-27-17(29)11-15(24-20(27)32-18)26-8-6-22-7-9-26/h1-3,10-11,14,22H,4-9,21H2,(H,23,28)(H,30,31)/t14-/m1/s1. The van der Waals surface area contributed by atoms with Crippen molar-refractivity contribution in [2.45, 2.75) is 18.9 Å². The lowest BCUT2D eigenvalue weighted by atomic mass is 10.1. The number of piperazine rings is 1. The van der Waals surface area contributed by atoms with E-state index in [0.717, 1.165) is 31.7 Å². The number of carboxylic acids is 1. The van der Waals surface area contributed by atoms with Crippen LogP contribution in [-0.2, 0) is 9.59 Å². The lowest BCUT2D eigenvalue weighted by Crippen LogP contribution is -2.44. The van der Waals surface area contributed by atoms with Gasteiger partial charge in [0.1, 0.15) is 16.9 Å². The molecule has 1 aromatic carbocycles. The van der Waals surface area contributed by atoms with Crippen LogP contribution >= 0.6 is 11.3 Å². The summed E-state index contributed by atoms with van der Waals surface area (Å²) in [7, 11) is 0. The second-order valence-electron chi connectivity index (χ2n) is 7.40. The molecule has 32 heavy (non-hydrogen) atoms. The normalized spacial score (nSPS) is 15.0. The van der Waals surface area contributed by atoms with Gasteiger partial charge in [-0.05, 0) is 18.6 Å². The van der Waals surface area contributed by atoms with Gasteiger partial charge in [0.05, 0.1) is 0 Å². The SMILES string of the molecule is N[C@H](CCC(=O)Nc1cccc(-c2nn3c(=O)cc(N4CCNCC4)nc3s2)c1)C(=O)O. The minimum atomic E-state index is -1.14. The fourth-order valence-electron chi connectivity index (χ4n) is 3.34. The zero-order valence-corrected chi connectivity index (χ0v) is 18.0. The Bertz CT molecular complexity index is 1200. The fraction of sp³-hybridized carbons (Fsp3) is 0.350. The predicted molar refractivity (Wildman–Crippen MR) is 121 cm³/mol. The number of amides is 1. The second-order valence-corrected chi connectivity index (χ2v) is 8.36. The van der Waals surface area contributed by atoms with Crippen LogP contribution < -0.4 is 26.8 Å². The third kappa shape index (κ3) is 4.93. The molecule has 1 aliphatic rings. The number of carbonyl (C=O) groups excluding carboxylic acids is 1. The number of nitrogens with two attached hydrogens (primary N) is 1. The number of benzene rings is 1. The highest BCUT2D eigenvalue weighted by molar-refractivity contribution is 7.19. The Labute approximate surface area is 186 Å². The third-order valence-electron chi connectivity index (χ3n) is 5.07. The summed E-state index contributed by atoms with van der Waals surface area (Å²) in [6.45, 7) is 3.26. The maximum atomic E-state index is 12.6. The van der Waals surface area contributed by atoms with Crippen molar-refractivity contribution in [3.05, 3.63) is 40.7 Å². The van der Waals surface area contributed by atoms with Gasteiger partial charge in [-0.15, -0.1) is 0 Å². The molecule has 1 saturated heterocycles. The molecule has 3 heterocycles. The lowest BCUT2D eigenvalue weighted by Gasteiger charge is -2.27. The topological polar surface area (TPSA) is 155 Å². The van der Waals surface area contributed by atoms with Crippen LogP contribution in [0.25, 0.3) is 15.5 Å². The van der Waals surface area contributed by atoms with Crippen molar-refractivity contribution in [1.82, 2.24) is 19.9 Å². The monoisotopic (exact) mass is 457 g/mol. The number of hydrogen-bond donors (Lipinski definition) is 4. The zero-order chi connectivity index (χ0) is 22.7. The van der Waals surface area contributed by atoms with Crippen molar-refractivity contribution in [2.75, 3.05) is 36.4 Å². The summed E-state index contributed by atoms with van der Waals surface area (Å²) < 4.78 is 1.28. The molecule has 2 aromatic heterocycles. The smallest absolute Gasteiger partial charge is 0.320 e. The number of anilines is 2. The van der Waals surface area contributed by atoms with Crippen molar-refractivity contribution in [3.8, 4) is 10.6 Å². The summed E-state index contributed by atoms with van der Waals surface area (Å²) in [4.78, 5) is 42.7. The number of nitrogens with one attached hydrogen (secondary N) is 2. The van der Waals surface area contributed by atoms with Crippen LogP contribution in [-0.4, -0.2) is 63.8 Å². The minimum Gasteiger partial charge on any atom is -0.480 e. The first-order valence-electron chi connectivity index (χ1n) is 10.2.